The lowest BCUT2D eigenvalue weighted by atomic mass is 10.0. The third kappa shape index (κ3) is 3.52. The minimum absolute atomic E-state index is 0. The highest BCUT2D eigenvalue weighted by molar-refractivity contribution is 9.10. The van der Waals surface area contributed by atoms with E-state index in [4.69, 9.17) is 9.47 Å². The molecule has 3 heterocycles. The predicted molar refractivity (Wildman–Crippen MR) is 97.8 cm³/mol. The topological polar surface area (TPSA) is 46.6 Å². The Kier molecular flexibility index (Phi) is 5.61. The molecule has 2 aliphatic rings. The van der Waals surface area contributed by atoms with Gasteiger partial charge in [-0.15, -0.1) is 12.4 Å². The van der Waals surface area contributed by atoms with Crippen molar-refractivity contribution in [2.45, 2.75) is 12.6 Å². The highest BCUT2D eigenvalue weighted by Crippen LogP contribution is 2.38. The maximum absolute atomic E-state index is 5.51. The molecular formula is C17H19BrClN3O2. The van der Waals surface area contributed by atoms with Gasteiger partial charge in [0.1, 0.15) is 0 Å². The average molecular weight is 413 g/mol. The second kappa shape index (κ2) is 7.70. The monoisotopic (exact) mass is 411 g/mol. The summed E-state index contributed by atoms with van der Waals surface area (Å²) in [7, 11) is 0. The Bertz CT molecular complexity index is 702. The van der Waals surface area contributed by atoms with Gasteiger partial charge in [0.25, 0.3) is 0 Å². The molecule has 1 saturated heterocycles. The number of nitrogens with one attached hydrogen (secondary N) is 1. The first-order valence-corrected chi connectivity index (χ1v) is 8.53. The number of aromatic nitrogens is 1. The van der Waals surface area contributed by atoms with Crippen LogP contribution in [-0.2, 0) is 6.54 Å². The minimum atomic E-state index is 0. The van der Waals surface area contributed by atoms with Crippen LogP contribution in [0.3, 0.4) is 0 Å². The largest absolute Gasteiger partial charge is 0.454 e. The third-order valence-corrected chi connectivity index (χ3v) is 5.10. The molecule has 0 saturated carbocycles. The van der Waals surface area contributed by atoms with Crippen molar-refractivity contribution < 1.29 is 9.47 Å². The van der Waals surface area contributed by atoms with Crippen molar-refractivity contribution in [1.82, 2.24) is 15.2 Å². The molecule has 1 aromatic heterocycles. The Morgan fingerprint density at radius 3 is 2.75 bits per heavy atom. The molecule has 1 atom stereocenters. The number of nitrogens with zero attached hydrogens (tertiary/aromatic N) is 2. The minimum Gasteiger partial charge on any atom is -0.454 e. The van der Waals surface area contributed by atoms with E-state index in [1.165, 1.54) is 11.1 Å². The van der Waals surface area contributed by atoms with E-state index >= 15 is 0 Å². The first-order valence-electron chi connectivity index (χ1n) is 7.74. The summed E-state index contributed by atoms with van der Waals surface area (Å²) in [4.78, 5) is 6.62. The number of benzene rings is 1. The van der Waals surface area contributed by atoms with Gasteiger partial charge in [0.15, 0.2) is 11.5 Å². The van der Waals surface area contributed by atoms with Crippen molar-refractivity contribution in [3.8, 4) is 11.5 Å². The van der Waals surface area contributed by atoms with Crippen molar-refractivity contribution in [3.63, 3.8) is 0 Å². The fourth-order valence-corrected chi connectivity index (χ4v) is 3.60. The molecule has 1 N–H and O–H groups in total. The number of rotatable bonds is 3. The van der Waals surface area contributed by atoms with Gasteiger partial charge in [0, 0.05) is 49.1 Å². The van der Waals surface area contributed by atoms with Crippen LogP contribution in [-0.4, -0.2) is 36.3 Å². The quantitative estimate of drug-likeness (QED) is 0.839. The summed E-state index contributed by atoms with van der Waals surface area (Å²) in [5.74, 6) is 1.64. The van der Waals surface area contributed by atoms with Crippen LogP contribution < -0.4 is 14.8 Å². The summed E-state index contributed by atoms with van der Waals surface area (Å²) < 4.78 is 12.0. The summed E-state index contributed by atoms with van der Waals surface area (Å²) in [6.45, 7) is 4.13. The van der Waals surface area contributed by atoms with E-state index in [0.717, 1.165) is 42.2 Å². The molecule has 0 aliphatic carbocycles. The summed E-state index contributed by atoms with van der Waals surface area (Å²) in [5, 5.41) is 3.49. The smallest absolute Gasteiger partial charge is 0.231 e. The molecule has 1 fully saturated rings. The zero-order valence-corrected chi connectivity index (χ0v) is 15.5. The van der Waals surface area contributed by atoms with E-state index in [1.54, 1.807) is 0 Å². The highest BCUT2D eigenvalue weighted by atomic mass is 79.9. The molecule has 0 radical (unpaired) electrons. The lowest BCUT2D eigenvalue weighted by Gasteiger charge is -2.36. The number of pyridine rings is 1. The second-order valence-corrected chi connectivity index (χ2v) is 6.62. The number of hydrogen-bond donors (Lipinski definition) is 1. The van der Waals surface area contributed by atoms with E-state index in [1.807, 2.05) is 18.5 Å². The van der Waals surface area contributed by atoms with Gasteiger partial charge in [0.05, 0.1) is 0 Å². The van der Waals surface area contributed by atoms with Gasteiger partial charge in [-0.05, 0) is 35.4 Å². The SMILES string of the molecule is Brc1cc2c(cc1CN1CCNCC1c1ccncc1)OCO2.Cl. The van der Waals surface area contributed by atoms with Gasteiger partial charge in [-0.2, -0.15) is 0 Å². The molecule has 24 heavy (non-hydrogen) atoms. The molecule has 4 rings (SSSR count). The molecule has 2 aromatic rings. The van der Waals surface area contributed by atoms with Crippen molar-refractivity contribution in [2.24, 2.45) is 0 Å². The maximum atomic E-state index is 5.51. The van der Waals surface area contributed by atoms with Gasteiger partial charge >= 0.3 is 0 Å². The fraction of sp³-hybridized carbons (Fsp3) is 0.353. The molecule has 0 bridgehead atoms. The zero-order valence-electron chi connectivity index (χ0n) is 13.1. The summed E-state index contributed by atoms with van der Waals surface area (Å²) in [5.41, 5.74) is 2.51. The number of piperazine rings is 1. The molecule has 2 aliphatic heterocycles. The summed E-state index contributed by atoms with van der Waals surface area (Å²) >= 11 is 3.67. The molecule has 0 amide bonds. The van der Waals surface area contributed by atoms with Crippen LogP contribution in [0.25, 0.3) is 0 Å². The predicted octanol–water partition coefficient (Wildman–Crippen LogP) is 3.14. The number of ether oxygens (including phenoxy) is 2. The van der Waals surface area contributed by atoms with Crippen LogP contribution in [0.15, 0.2) is 41.1 Å². The lowest BCUT2D eigenvalue weighted by Crippen LogP contribution is -2.45. The van der Waals surface area contributed by atoms with Crippen LogP contribution in [0.2, 0.25) is 0 Å². The highest BCUT2D eigenvalue weighted by Gasteiger charge is 2.25. The Balaban J connectivity index is 0.00000169. The molecule has 128 valence electrons. The van der Waals surface area contributed by atoms with Gasteiger partial charge in [-0.1, -0.05) is 15.9 Å². The van der Waals surface area contributed by atoms with Crippen molar-refractivity contribution in [2.75, 3.05) is 26.4 Å². The molecule has 5 nitrogen and oxygen atoms in total. The van der Waals surface area contributed by atoms with Crippen LogP contribution in [0.1, 0.15) is 17.2 Å². The summed E-state index contributed by atoms with van der Waals surface area (Å²) in [6.07, 6.45) is 3.72. The van der Waals surface area contributed by atoms with Crippen molar-refractivity contribution in [3.05, 3.63) is 52.3 Å². The lowest BCUT2D eigenvalue weighted by molar-refractivity contribution is 0.153. The second-order valence-electron chi connectivity index (χ2n) is 5.77. The Labute approximate surface area is 155 Å². The van der Waals surface area contributed by atoms with Crippen LogP contribution in [0, 0.1) is 0 Å². The van der Waals surface area contributed by atoms with E-state index in [2.05, 4.69) is 49.3 Å². The number of halogens is 2. The molecule has 7 heteroatoms. The van der Waals surface area contributed by atoms with E-state index in [9.17, 15) is 0 Å². The van der Waals surface area contributed by atoms with Crippen LogP contribution in [0.4, 0.5) is 0 Å². The van der Waals surface area contributed by atoms with E-state index < -0.39 is 0 Å². The third-order valence-electron chi connectivity index (χ3n) is 4.36. The first-order chi connectivity index (χ1) is 11.3. The van der Waals surface area contributed by atoms with Gasteiger partial charge in [0.2, 0.25) is 6.79 Å². The average Bonchev–Trinajstić information content (AvgIpc) is 3.03. The van der Waals surface area contributed by atoms with Crippen LogP contribution in [0.5, 0.6) is 11.5 Å². The van der Waals surface area contributed by atoms with Gasteiger partial charge < -0.3 is 14.8 Å². The maximum Gasteiger partial charge on any atom is 0.231 e. The molecular weight excluding hydrogens is 394 g/mol. The Hall–Kier alpha value is -1.34. The first kappa shape index (κ1) is 17.5. The van der Waals surface area contributed by atoms with Crippen molar-refractivity contribution in [1.29, 1.82) is 0 Å². The fourth-order valence-electron chi connectivity index (χ4n) is 3.15. The Morgan fingerprint density at radius 1 is 1.21 bits per heavy atom. The Morgan fingerprint density at radius 2 is 1.96 bits per heavy atom. The van der Waals surface area contributed by atoms with E-state index in [0.29, 0.717) is 12.8 Å². The van der Waals surface area contributed by atoms with Gasteiger partial charge in [-0.3, -0.25) is 9.88 Å². The van der Waals surface area contributed by atoms with Crippen LogP contribution >= 0.6 is 28.3 Å². The molecule has 0 spiro atoms. The van der Waals surface area contributed by atoms with Gasteiger partial charge in [-0.25, -0.2) is 0 Å². The summed E-state index contributed by atoms with van der Waals surface area (Å²) in [6, 6.07) is 8.63. The molecule has 1 unspecified atom stereocenters. The van der Waals surface area contributed by atoms with Crippen molar-refractivity contribution >= 4 is 28.3 Å². The standard InChI is InChI=1S/C17H18BrN3O2.ClH/c18-14-8-17-16(22-11-23-17)7-13(14)10-21-6-5-20-9-15(21)12-1-3-19-4-2-12;/h1-4,7-8,15,20H,5-6,9-11H2;1H. The molecule has 1 aromatic carbocycles. The zero-order chi connectivity index (χ0) is 15.6. The number of hydrogen-bond acceptors (Lipinski definition) is 5. The van der Waals surface area contributed by atoms with E-state index in [-0.39, 0.29) is 12.4 Å². The number of fused-ring (bicyclic) bond motifs is 1. The normalized spacial score (nSPS) is 19.8.